The minimum atomic E-state index is -0.235. The van der Waals surface area contributed by atoms with Gasteiger partial charge in [0.2, 0.25) is 5.91 Å². The lowest BCUT2D eigenvalue weighted by molar-refractivity contribution is -0.127. The fourth-order valence-corrected chi connectivity index (χ4v) is 3.33. The highest BCUT2D eigenvalue weighted by molar-refractivity contribution is 9.10. The molecule has 5 heteroatoms. The molecule has 0 atom stereocenters. The van der Waals surface area contributed by atoms with Gasteiger partial charge >= 0.3 is 0 Å². The highest BCUT2D eigenvalue weighted by atomic mass is 79.9. The average Bonchev–Trinajstić information content (AvgIpc) is 2.43. The lowest BCUT2D eigenvalue weighted by Crippen LogP contribution is -2.45. The van der Waals surface area contributed by atoms with E-state index >= 15 is 0 Å². The number of carbonyl (C=O) groups is 1. The van der Waals surface area contributed by atoms with Crippen molar-refractivity contribution < 1.29 is 4.79 Å². The van der Waals surface area contributed by atoms with E-state index in [1.54, 1.807) is 6.20 Å². The molecule has 4 nitrogen and oxygen atoms in total. The topological polar surface area (TPSA) is 54.0 Å². The molecule has 0 aromatic carbocycles. The third-order valence-corrected chi connectivity index (χ3v) is 4.48. The van der Waals surface area contributed by atoms with Crippen LogP contribution in [0.4, 0.5) is 5.82 Å². The molecule has 2 rings (SSSR count). The third kappa shape index (κ3) is 3.38. The number of anilines is 1. The molecule has 1 saturated heterocycles. The Labute approximate surface area is 128 Å². The van der Waals surface area contributed by atoms with Crippen LogP contribution in [0.2, 0.25) is 0 Å². The zero-order valence-corrected chi connectivity index (χ0v) is 13.7. The first-order valence-corrected chi connectivity index (χ1v) is 8.01. The van der Waals surface area contributed by atoms with E-state index < -0.39 is 0 Å². The van der Waals surface area contributed by atoms with Crippen molar-refractivity contribution in [1.82, 2.24) is 10.3 Å². The number of hydrogen-bond donors (Lipinski definition) is 2. The lowest BCUT2D eigenvalue weighted by atomic mass is 9.74. The van der Waals surface area contributed by atoms with Crippen LogP contribution in [0.15, 0.2) is 16.7 Å². The van der Waals surface area contributed by atoms with Crippen LogP contribution in [-0.2, 0) is 4.79 Å². The Bertz CT molecular complexity index is 478. The molecule has 20 heavy (non-hydrogen) atoms. The van der Waals surface area contributed by atoms with E-state index in [-0.39, 0.29) is 11.3 Å². The average molecular weight is 340 g/mol. The van der Waals surface area contributed by atoms with Gasteiger partial charge in [0.15, 0.2) is 0 Å². The van der Waals surface area contributed by atoms with Gasteiger partial charge in [-0.15, -0.1) is 0 Å². The Hall–Kier alpha value is -0.940. The summed E-state index contributed by atoms with van der Waals surface area (Å²) in [5.74, 6) is 0.797. The van der Waals surface area contributed by atoms with E-state index in [9.17, 15) is 4.79 Å². The van der Waals surface area contributed by atoms with Crippen LogP contribution in [-0.4, -0.2) is 24.0 Å². The van der Waals surface area contributed by atoms with Gasteiger partial charge in [0, 0.05) is 10.7 Å². The normalized spacial score (nSPS) is 17.8. The minimum absolute atomic E-state index is 0.124. The molecule has 1 amide bonds. The van der Waals surface area contributed by atoms with Gasteiger partial charge in [-0.2, -0.15) is 0 Å². The quantitative estimate of drug-likeness (QED) is 0.885. The summed E-state index contributed by atoms with van der Waals surface area (Å²) in [6, 6.07) is 1.97. The second kappa shape index (κ2) is 6.68. The van der Waals surface area contributed by atoms with Gasteiger partial charge in [-0.1, -0.05) is 13.3 Å². The van der Waals surface area contributed by atoms with E-state index in [1.807, 2.05) is 13.0 Å². The van der Waals surface area contributed by atoms with Gasteiger partial charge in [0.1, 0.15) is 5.82 Å². The Morgan fingerprint density at radius 1 is 1.50 bits per heavy atom. The summed E-state index contributed by atoms with van der Waals surface area (Å²) in [5.41, 5.74) is 0.745. The van der Waals surface area contributed by atoms with Crippen LogP contribution in [0, 0.1) is 12.3 Å². The highest BCUT2D eigenvalue weighted by Gasteiger charge is 2.38. The zero-order valence-electron chi connectivity index (χ0n) is 12.1. The summed E-state index contributed by atoms with van der Waals surface area (Å²) >= 11 is 3.39. The Balaban J connectivity index is 2.15. The first-order valence-electron chi connectivity index (χ1n) is 7.22. The summed E-state index contributed by atoms with van der Waals surface area (Å²) in [7, 11) is 0. The van der Waals surface area contributed by atoms with E-state index in [0.29, 0.717) is 5.82 Å². The van der Waals surface area contributed by atoms with Crippen LogP contribution in [0.1, 0.15) is 38.2 Å². The van der Waals surface area contributed by atoms with Gasteiger partial charge in [-0.3, -0.25) is 4.79 Å². The first-order chi connectivity index (χ1) is 9.57. The molecule has 2 N–H and O–H groups in total. The molecule has 1 aromatic heterocycles. The van der Waals surface area contributed by atoms with E-state index in [4.69, 9.17) is 0 Å². The Kier molecular flexibility index (Phi) is 5.16. The Morgan fingerprint density at radius 3 is 2.80 bits per heavy atom. The molecule has 2 heterocycles. The number of piperidine rings is 1. The molecule has 0 aliphatic carbocycles. The predicted octanol–water partition coefficient (Wildman–Crippen LogP) is 3.26. The number of aryl methyl sites for hydroxylation is 1. The number of amides is 1. The molecule has 110 valence electrons. The largest absolute Gasteiger partial charge is 0.317 e. The molecule has 1 aliphatic heterocycles. The van der Waals surface area contributed by atoms with Crippen LogP contribution >= 0.6 is 15.9 Å². The van der Waals surface area contributed by atoms with Gasteiger partial charge in [-0.05, 0) is 66.8 Å². The van der Waals surface area contributed by atoms with Crippen LogP contribution < -0.4 is 10.6 Å². The molecule has 1 fully saturated rings. The maximum absolute atomic E-state index is 12.7. The first kappa shape index (κ1) is 15.4. The molecule has 0 spiro atoms. The molecule has 1 aromatic rings. The summed E-state index contributed by atoms with van der Waals surface area (Å²) in [6.07, 6.45) is 5.50. The van der Waals surface area contributed by atoms with Gasteiger partial charge in [-0.25, -0.2) is 4.98 Å². The molecule has 0 unspecified atom stereocenters. The molecular weight excluding hydrogens is 318 g/mol. The summed E-state index contributed by atoms with van der Waals surface area (Å²) in [6.45, 7) is 5.93. The van der Waals surface area contributed by atoms with Crippen LogP contribution in [0.3, 0.4) is 0 Å². The van der Waals surface area contributed by atoms with Gasteiger partial charge < -0.3 is 10.6 Å². The van der Waals surface area contributed by atoms with E-state index in [1.165, 1.54) is 0 Å². The van der Waals surface area contributed by atoms with Crippen molar-refractivity contribution in [2.75, 3.05) is 18.4 Å². The number of hydrogen-bond acceptors (Lipinski definition) is 3. The number of nitrogens with zero attached hydrogens (tertiary/aromatic N) is 1. The number of rotatable bonds is 4. The number of pyridine rings is 1. The SMILES string of the molecule is CCCC1(C(=O)Nc2ncc(Br)cc2C)CCNCC1. The second-order valence-electron chi connectivity index (χ2n) is 5.55. The number of halogens is 1. The van der Waals surface area contributed by atoms with Crippen LogP contribution in [0.5, 0.6) is 0 Å². The minimum Gasteiger partial charge on any atom is -0.317 e. The highest BCUT2D eigenvalue weighted by Crippen LogP contribution is 2.35. The number of aromatic nitrogens is 1. The maximum Gasteiger partial charge on any atom is 0.231 e. The predicted molar refractivity (Wildman–Crippen MR) is 84.7 cm³/mol. The molecule has 0 radical (unpaired) electrons. The number of nitrogens with one attached hydrogen (secondary N) is 2. The lowest BCUT2D eigenvalue weighted by Gasteiger charge is -2.36. The fraction of sp³-hybridized carbons (Fsp3) is 0.600. The van der Waals surface area contributed by atoms with E-state index in [0.717, 1.165) is 48.8 Å². The summed E-state index contributed by atoms with van der Waals surface area (Å²) in [5, 5.41) is 6.37. The Morgan fingerprint density at radius 2 is 2.20 bits per heavy atom. The van der Waals surface area contributed by atoms with Crippen LogP contribution in [0.25, 0.3) is 0 Å². The van der Waals surface area contributed by atoms with Crippen molar-refractivity contribution in [2.45, 2.75) is 39.5 Å². The standard InChI is InChI=1S/C15H22BrN3O/c1-3-4-15(5-7-17-8-6-15)14(20)19-13-11(2)9-12(16)10-18-13/h9-10,17H,3-8H2,1-2H3,(H,18,19,20). The number of carbonyl (C=O) groups excluding carboxylic acids is 1. The molecule has 1 aliphatic rings. The van der Waals surface area contributed by atoms with Crippen molar-refractivity contribution >= 4 is 27.7 Å². The second-order valence-corrected chi connectivity index (χ2v) is 6.47. The van der Waals surface area contributed by atoms with Gasteiger partial charge in [0.05, 0.1) is 5.41 Å². The summed E-state index contributed by atoms with van der Waals surface area (Å²) < 4.78 is 0.929. The third-order valence-electron chi connectivity index (χ3n) is 4.05. The maximum atomic E-state index is 12.7. The molecule has 0 bridgehead atoms. The van der Waals surface area contributed by atoms with Crippen molar-refractivity contribution in [2.24, 2.45) is 5.41 Å². The van der Waals surface area contributed by atoms with Crippen molar-refractivity contribution in [3.63, 3.8) is 0 Å². The van der Waals surface area contributed by atoms with Gasteiger partial charge in [0.25, 0.3) is 0 Å². The zero-order chi connectivity index (χ0) is 14.6. The van der Waals surface area contributed by atoms with E-state index in [2.05, 4.69) is 38.5 Å². The smallest absolute Gasteiger partial charge is 0.231 e. The fourth-order valence-electron chi connectivity index (χ4n) is 2.89. The summed E-state index contributed by atoms with van der Waals surface area (Å²) in [4.78, 5) is 17.0. The van der Waals surface area contributed by atoms with Crippen molar-refractivity contribution in [3.8, 4) is 0 Å². The molecular formula is C15H22BrN3O. The monoisotopic (exact) mass is 339 g/mol. The van der Waals surface area contributed by atoms with Crippen molar-refractivity contribution in [1.29, 1.82) is 0 Å². The molecule has 0 saturated carbocycles. The van der Waals surface area contributed by atoms with Crippen molar-refractivity contribution in [3.05, 3.63) is 22.3 Å².